The van der Waals surface area contributed by atoms with Crippen molar-refractivity contribution in [2.75, 3.05) is 32.2 Å². The summed E-state index contributed by atoms with van der Waals surface area (Å²) in [4.78, 5) is 11.2. The Hall–Kier alpha value is -0.660. The van der Waals surface area contributed by atoms with Crippen molar-refractivity contribution in [2.24, 2.45) is 5.73 Å². The highest BCUT2D eigenvalue weighted by atomic mass is 32.2. The molecule has 6 nitrogen and oxygen atoms in total. The van der Waals surface area contributed by atoms with E-state index in [-0.39, 0.29) is 18.8 Å². The molecule has 84 valence electrons. The first-order chi connectivity index (χ1) is 6.40. The maximum absolute atomic E-state index is 11.2. The van der Waals surface area contributed by atoms with Crippen LogP contribution >= 0.6 is 0 Å². The van der Waals surface area contributed by atoms with E-state index in [2.05, 4.69) is 5.32 Å². The van der Waals surface area contributed by atoms with Crippen LogP contribution in [0.2, 0.25) is 0 Å². The Kier molecular flexibility index (Phi) is 5.66. The average Bonchev–Trinajstić information content (AvgIpc) is 2.04. The quantitative estimate of drug-likeness (QED) is 0.550. The Labute approximate surface area is 83.7 Å². The smallest absolute Gasteiger partial charge is 0.250 e. The van der Waals surface area contributed by atoms with Crippen molar-refractivity contribution in [3.8, 4) is 0 Å². The van der Waals surface area contributed by atoms with Crippen LogP contribution in [0.15, 0.2) is 0 Å². The van der Waals surface area contributed by atoms with Crippen LogP contribution in [0.4, 0.5) is 0 Å². The molecule has 0 rings (SSSR count). The second-order valence-electron chi connectivity index (χ2n) is 2.88. The van der Waals surface area contributed by atoms with Gasteiger partial charge in [0, 0.05) is 26.5 Å². The fourth-order valence-electron chi connectivity index (χ4n) is 0.784. The zero-order valence-electron chi connectivity index (χ0n) is 8.32. The molecule has 1 amide bonds. The Balaban J connectivity index is 3.85. The van der Waals surface area contributed by atoms with E-state index in [1.165, 1.54) is 7.11 Å². The lowest BCUT2D eigenvalue weighted by Gasteiger charge is -2.12. The standard InChI is InChI=1S/C7H16N2O4S/c1-13-6(5-8)7(10)9-3-4-14(2,11)12/h6H,3-5,8H2,1-2H3,(H,9,10). The monoisotopic (exact) mass is 224 g/mol. The minimum absolute atomic E-state index is 0.0706. The van der Waals surface area contributed by atoms with E-state index in [0.29, 0.717) is 0 Å². The van der Waals surface area contributed by atoms with Gasteiger partial charge >= 0.3 is 0 Å². The van der Waals surface area contributed by atoms with Gasteiger partial charge in [0.1, 0.15) is 15.9 Å². The Morgan fingerprint density at radius 2 is 2.14 bits per heavy atom. The molecular weight excluding hydrogens is 208 g/mol. The topological polar surface area (TPSA) is 98.5 Å². The van der Waals surface area contributed by atoms with E-state index in [9.17, 15) is 13.2 Å². The van der Waals surface area contributed by atoms with Gasteiger partial charge in [-0.25, -0.2) is 8.42 Å². The van der Waals surface area contributed by atoms with E-state index in [0.717, 1.165) is 6.26 Å². The fraction of sp³-hybridized carbons (Fsp3) is 0.857. The molecule has 0 aromatic carbocycles. The second kappa shape index (κ2) is 5.94. The molecule has 1 unspecified atom stereocenters. The van der Waals surface area contributed by atoms with Crippen molar-refractivity contribution in [3.05, 3.63) is 0 Å². The van der Waals surface area contributed by atoms with E-state index >= 15 is 0 Å². The molecule has 0 aromatic heterocycles. The molecule has 0 bridgehead atoms. The number of hydrogen-bond donors (Lipinski definition) is 2. The van der Waals surface area contributed by atoms with Crippen molar-refractivity contribution < 1.29 is 17.9 Å². The molecule has 0 saturated carbocycles. The van der Waals surface area contributed by atoms with E-state index in [1.807, 2.05) is 0 Å². The number of sulfone groups is 1. The van der Waals surface area contributed by atoms with E-state index < -0.39 is 21.8 Å². The fourth-order valence-corrected chi connectivity index (χ4v) is 1.26. The number of carbonyl (C=O) groups excluding carboxylic acids is 1. The highest BCUT2D eigenvalue weighted by molar-refractivity contribution is 7.90. The maximum Gasteiger partial charge on any atom is 0.250 e. The number of nitrogens with two attached hydrogens (primary N) is 1. The number of ether oxygens (including phenoxy) is 1. The largest absolute Gasteiger partial charge is 0.370 e. The summed E-state index contributed by atoms with van der Waals surface area (Å²) < 4.78 is 26.2. The molecule has 0 saturated heterocycles. The average molecular weight is 224 g/mol. The van der Waals surface area contributed by atoms with Gasteiger partial charge in [-0.15, -0.1) is 0 Å². The third kappa shape index (κ3) is 5.90. The number of amides is 1. The van der Waals surface area contributed by atoms with Crippen molar-refractivity contribution in [1.82, 2.24) is 5.32 Å². The second-order valence-corrected chi connectivity index (χ2v) is 5.14. The summed E-state index contributed by atoms with van der Waals surface area (Å²) in [6.45, 7) is 0.152. The van der Waals surface area contributed by atoms with Crippen molar-refractivity contribution in [2.45, 2.75) is 6.10 Å². The maximum atomic E-state index is 11.2. The molecule has 0 radical (unpaired) electrons. The minimum Gasteiger partial charge on any atom is -0.370 e. The van der Waals surface area contributed by atoms with Crippen LogP contribution in [-0.4, -0.2) is 52.6 Å². The summed E-state index contributed by atoms with van der Waals surface area (Å²) >= 11 is 0. The van der Waals surface area contributed by atoms with Crippen LogP contribution in [0.1, 0.15) is 0 Å². The van der Waals surface area contributed by atoms with Crippen LogP contribution in [0.3, 0.4) is 0 Å². The molecule has 0 spiro atoms. The first-order valence-corrected chi connectivity index (χ1v) is 6.15. The zero-order valence-corrected chi connectivity index (χ0v) is 9.13. The van der Waals surface area contributed by atoms with Gasteiger partial charge in [-0.05, 0) is 0 Å². The number of hydrogen-bond acceptors (Lipinski definition) is 5. The van der Waals surface area contributed by atoms with Gasteiger partial charge in [0.05, 0.1) is 5.75 Å². The number of methoxy groups -OCH3 is 1. The zero-order chi connectivity index (χ0) is 11.2. The number of nitrogens with one attached hydrogen (secondary N) is 1. The Morgan fingerprint density at radius 1 is 1.57 bits per heavy atom. The summed E-state index contributed by atoms with van der Waals surface area (Å²) in [5.41, 5.74) is 5.24. The summed E-state index contributed by atoms with van der Waals surface area (Å²) in [5.74, 6) is -0.474. The van der Waals surface area contributed by atoms with Gasteiger partial charge < -0.3 is 15.8 Å². The lowest BCUT2D eigenvalue weighted by atomic mass is 10.3. The van der Waals surface area contributed by atoms with Crippen LogP contribution in [0.25, 0.3) is 0 Å². The molecule has 14 heavy (non-hydrogen) atoms. The van der Waals surface area contributed by atoms with Gasteiger partial charge in [-0.1, -0.05) is 0 Å². The van der Waals surface area contributed by atoms with Crippen LogP contribution in [-0.2, 0) is 19.4 Å². The predicted molar refractivity (Wildman–Crippen MR) is 52.6 cm³/mol. The highest BCUT2D eigenvalue weighted by Crippen LogP contribution is 1.87. The summed E-state index contributed by atoms with van der Waals surface area (Å²) in [5, 5.41) is 2.42. The molecular formula is C7H16N2O4S. The van der Waals surface area contributed by atoms with Crippen molar-refractivity contribution in [1.29, 1.82) is 0 Å². The van der Waals surface area contributed by atoms with Gasteiger partial charge in [0.25, 0.3) is 0 Å². The molecule has 0 aliphatic rings. The molecule has 7 heteroatoms. The van der Waals surface area contributed by atoms with Gasteiger partial charge in [-0.3, -0.25) is 4.79 Å². The predicted octanol–water partition coefficient (Wildman–Crippen LogP) is -1.88. The van der Waals surface area contributed by atoms with Crippen LogP contribution < -0.4 is 11.1 Å². The highest BCUT2D eigenvalue weighted by Gasteiger charge is 2.15. The Bertz CT molecular complexity index is 271. The summed E-state index contributed by atoms with van der Waals surface area (Å²) in [6, 6.07) is 0. The van der Waals surface area contributed by atoms with Crippen molar-refractivity contribution in [3.63, 3.8) is 0 Å². The first-order valence-electron chi connectivity index (χ1n) is 4.09. The molecule has 0 aliphatic carbocycles. The van der Waals surface area contributed by atoms with Crippen LogP contribution in [0, 0.1) is 0 Å². The summed E-state index contributed by atoms with van der Waals surface area (Å²) in [7, 11) is -1.68. The van der Waals surface area contributed by atoms with Gasteiger partial charge in [0.15, 0.2) is 0 Å². The molecule has 3 N–H and O–H groups in total. The SMILES string of the molecule is COC(CN)C(=O)NCCS(C)(=O)=O. The first kappa shape index (κ1) is 13.3. The Morgan fingerprint density at radius 3 is 2.50 bits per heavy atom. The number of rotatable bonds is 6. The van der Waals surface area contributed by atoms with Gasteiger partial charge in [-0.2, -0.15) is 0 Å². The van der Waals surface area contributed by atoms with Gasteiger partial charge in [0.2, 0.25) is 5.91 Å². The summed E-state index contributed by atoms with van der Waals surface area (Å²) in [6.07, 6.45) is 0.394. The lowest BCUT2D eigenvalue weighted by Crippen LogP contribution is -2.42. The lowest BCUT2D eigenvalue weighted by molar-refractivity contribution is -0.130. The van der Waals surface area contributed by atoms with E-state index in [1.54, 1.807) is 0 Å². The van der Waals surface area contributed by atoms with Crippen molar-refractivity contribution >= 4 is 15.7 Å². The third-order valence-electron chi connectivity index (χ3n) is 1.56. The molecule has 1 atom stereocenters. The van der Waals surface area contributed by atoms with Crippen LogP contribution in [0.5, 0.6) is 0 Å². The molecule has 0 fully saturated rings. The molecule has 0 aliphatic heterocycles. The third-order valence-corrected chi connectivity index (χ3v) is 2.51. The molecule has 0 heterocycles. The van der Waals surface area contributed by atoms with E-state index in [4.69, 9.17) is 10.5 Å². The number of carbonyl (C=O) groups is 1. The molecule has 0 aromatic rings. The minimum atomic E-state index is -3.05. The normalized spacial score (nSPS) is 13.6.